The molecule has 8 aromatic heterocycles. The summed E-state index contributed by atoms with van der Waals surface area (Å²) in [6, 6.07) is 82.0. The van der Waals surface area contributed by atoms with E-state index in [1.165, 1.54) is 79.2 Å². The summed E-state index contributed by atoms with van der Waals surface area (Å²) in [7, 11) is -4.09. The van der Waals surface area contributed by atoms with E-state index in [-0.39, 0.29) is 40.2 Å². The zero-order valence-electron chi connectivity index (χ0n) is 55.2. The normalized spacial score (nSPS) is 12.6. The van der Waals surface area contributed by atoms with E-state index in [2.05, 4.69) is 151 Å². The van der Waals surface area contributed by atoms with Gasteiger partial charge in [-0.3, -0.25) is 4.98 Å². The van der Waals surface area contributed by atoms with Crippen LogP contribution in [0, 0.1) is 32.0 Å². The standard InChI is InChI=1S/C28H24N2O.C28H23N2O.2C11H8N.CHF3O3S.2CH4O.2Ir/c2*1-18-9-14-24-23-7-4-8-25(27(23)31-28(24)30-18)26-17-22(15-16-29-26)21-12-10-20(11-13-21)19-5-2-3-6-19;2*1-2-6-10(7-3-1)11-8-4-5-9-12-11;2-1(3,4)8(5,6)7;2*1-2;;/h4,7-17,19H,2-3,5-6H2,1H3;4,7,9-17,19H,2-3,5-6H2,1H3;2*1-6,8-9H;(H,5,6,7);2*2H,1H3;;/q;3*-1;;;;;/p-1. The smallest absolute Gasteiger partial charge is 0.485 e. The van der Waals surface area contributed by atoms with Crippen LogP contribution in [0.25, 0.3) is 111 Å². The van der Waals surface area contributed by atoms with Crippen molar-refractivity contribution < 1.29 is 85.4 Å². The van der Waals surface area contributed by atoms with E-state index < -0.39 is 15.6 Å². The maximum Gasteiger partial charge on any atom is 0.485 e. The molecular weight excluding hydrogens is 1640 g/mol. The summed E-state index contributed by atoms with van der Waals surface area (Å²) in [4.78, 5) is 26.9. The van der Waals surface area contributed by atoms with Crippen LogP contribution in [0.4, 0.5) is 13.2 Å². The van der Waals surface area contributed by atoms with Gasteiger partial charge in [0.15, 0.2) is 10.1 Å². The fourth-order valence-electron chi connectivity index (χ4n) is 11.9. The second kappa shape index (κ2) is 36.7. The van der Waals surface area contributed by atoms with Crippen LogP contribution >= 0.6 is 0 Å². The maximum atomic E-state index is 10.7. The minimum absolute atomic E-state index is 0. The number of aliphatic hydroxyl groups is 2. The van der Waals surface area contributed by atoms with Crippen molar-refractivity contribution in [3.05, 3.63) is 278 Å². The van der Waals surface area contributed by atoms with Crippen molar-refractivity contribution in [2.75, 3.05) is 14.2 Å². The maximum absolute atomic E-state index is 10.7. The van der Waals surface area contributed by atoms with E-state index in [1.54, 1.807) is 12.4 Å². The van der Waals surface area contributed by atoms with E-state index in [0.29, 0.717) is 11.4 Å². The molecule has 100 heavy (non-hydrogen) atoms. The summed E-state index contributed by atoms with van der Waals surface area (Å²) in [5, 5.41) is 18.2. The topological polar surface area (TPSA) is 201 Å². The van der Waals surface area contributed by atoms with Gasteiger partial charge in [0, 0.05) is 112 Å². The molecule has 0 atom stereocenters. The Morgan fingerprint density at radius 1 is 0.440 bits per heavy atom. The Morgan fingerprint density at radius 3 is 1.31 bits per heavy atom. The van der Waals surface area contributed by atoms with Gasteiger partial charge in [0.1, 0.15) is 5.58 Å². The molecule has 2 radical (unpaired) electrons. The van der Waals surface area contributed by atoms with Gasteiger partial charge in [-0.2, -0.15) is 13.2 Å². The largest absolute Gasteiger partial charge is 0.741 e. The van der Waals surface area contributed by atoms with Gasteiger partial charge in [0.2, 0.25) is 11.4 Å². The Bertz CT molecular complexity index is 4600. The van der Waals surface area contributed by atoms with Crippen molar-refractivity contribution in [2.45, 2.75) is 82.6 Å². The molecule has 516 valence electrons. The summed E-state index contributed by atoms with van der Waals surface area (Å²) in [5.41, 5.74) is 14.6. The molecule has 0 aliphatic heterocycles. The Morgan fingerprint density at radius 2 is 0.870 bits per heavy atom. The minimum atomic E-state index is -6.09. The molecule has 19 heteroatoms. The third-order valence-corrected chi connectivity index (χ3v) is 17.3. The van der Waals surface area contributed by atoms with E-state index in [1.807, 2.05) is 135 Å². The number of aliphatic hydroxyl groups excluding tert-OH is 2. The van der Waals surface area contributed by atoms with Crippen molar-refractivity contribution in [1.82, 2.24) is 29.9 Å². The summed E-state index contributed by atoms with van der Waals surface area (Å²) in [6.07, 6.45) is 18.1. The molecule has 2 fully saturated rings. The number of benzene rings is 6. The van der Waals surface area contributed by atoms with Crippen LogP contribution < -0.4 is 0 Å². The summed E-state index contributed by atoms with van der Waals surface area (Å²) in [5.74, 6) is 1.48. The predicted octanol–water partition coefficient (Wildman–Crippen LogP) is 19.5. The van der Waals surface area contributed by atoms with Crippen LogP contribution in [0.1, 0.15) is 85.7 Å². The van der Waals surface area contributed by atoms with Crippen LogP contribution in [0.2, 0.25) is 0 Å². The minimum Gasteiger partial charge on any atom is -0.741 e. The molecule has 2 aliphatic rings. The predicted molar refractivity (Wildman–Crippen MR) is 380 cm³/mol. The van der Waals surface area contributed by atoms with Gasteiger partial charge >= 0.3 is 5.51 Å². The first-order chi connectivity index (χ1) is 47.7. The molecule has 2 aliphatic carbocycles. The monoisotopic (exact) mass is 1710 g/mol. The third kappa shape index (κ3) is 19.4. The SMILES string of the molecule is CO.CO.Cc1ccc2c(n1)oc1c(-c3cc(-c4ccc(C5CCCC5)cc4)ccn3)[c-]ccc12.Cc1ccc2c(n1)oc1c(-c3cc(-c4ccc(C5CCCC5)cc4)ccn3)cccc12.O=S(=O)([O-])C(F)(F)F.[Ir].[Ir].[c-]1ccccc1-c1ccccn1.[c-]1ccccc1-c1ccccn1. The van der Waals surface area contributed by atoms with Gasteiger partial charge in [-0.05, 0) is 162 Å². The van der Waals surface area contributed by atoms with Crippen LogP contribution in [-0.2, 0) is 50.3 Å². The van der Waals surface area contributed by atoms with Gasteiger partial charge in [0.25, 0.3) is 0 Å². The summed E-state index contributed by atoms with van der Waals surface area (Å²) < 4.78 is 71.2. The molecule has 2 saturated carbocycles. The van der Waals surface area contributed by atoms with Crippen LogP contribution in [0.15, 0.2) is 246 Å². The zero-order chi connectivity index (χ0) is 69.0. The molecule has 0 saturated heterocycles. The molecule has 0 spiro atoms. The van der Waals surface area contributed by atoms with Crippen molar-refractivity contribution in [1.29, 1.82) is 0 Å². The Labute approximate surface area is 607 Å². The number of nitrogens with zero attached hydrogens (tertiary/aromatic N) is 6. The number of alkyl halides is 3. The number of halogens is 3. The molecule has 6 aromatic carbocycles. The van der Waals surface area contributed by atoms with Crippen LogP contribution in [0.3, 0.4) is 0 Å². The van der Waals surface area contributed by atoms with Gasteiger partial charge in [-0.25, -0.2) is 18.4 Å². The molecule has 2 N–H and O–H groups in total. The summed E-state index contributed by atoms with van der Waals surface area (Å²) >= 11 is 0. The van der Waals surface area contributed by atoms with Gasteiger partial charge < -0.3 is 38.6 Å². The average Bonchev–Trinajstić information content (AvgIpc) is 1.61. The van der Waals surface area contributed by atoms with Crippen LogP contribution in [0.5, 0.6) is 0 Å². The van der Waals surface area contributed by atoms with Gasteiger partial charge in [-0.15, -0.1) is 90.0 Å². The second-order valence-electron chi connectivity index (χ2n) is 23.0. The first-order valence-corrected chi connectivity index (χ1v) is 33.4. The zero-order valence-corrected chi connectivity index (χ0v) is 60.8. The van der Waals surface area contributed by atoms with Gasteiger partial charge in [-0.1, -0.05) is 128 Å². The number of furan rings is 2. The Hall–Kier alpha value is -9.26. The molecule has 0 amide bonds. The van der Waals surface area contributed by atoms with E-state index >= 15 is 0 Å². The number of aryl methyl sites for hydroxylation is 2. The number of aromatic nitrogens is 6. The number of para-hydroxylation sites is 1. The molecule has 8 heterocycles. The number of rotatable bonds is 8. The van der Waals surface area contributed by atoms with Crippen molar-refractivity contribution >= 4 is 54.3 Å². The molecule has 14 aromatic rings. The van der Waals surface area contributed by atoms with Crippen molar-refractivity contribution in [3.8, 4) is 67.3 Å². The van der Waals surface area contributed by atoms with E-state index in [9.17, 15) is 13.2 Å². The molecule has 16 rings (SSSR count). The molecular formula is C81H71F3Ir2N6O7S-4. The third-order valence-electron chi connectivity index (χ3n) is 16.7. The van der Waals surface area contributed by atoms with Gasteiger partial charge in [0.05, 0.1) is 11.3 Å². The Balaban J connectivity index is 0.000000171. The van der Waals surface area contributed by atoms with E-state index in [4.69, 9.17) is 32.0 Å². The second-order valence-corrected chi connectivity index (χ2v) is 24.4. The average molecular weight is 1710 g/mol. The molecule has 0 unspecified atom stereocenters. The number of pyridine rings is 6. The first-order valence-electron chi connectivity index (χ1n) is 32.0. The first kappa shape index (κ1) is 76.5. The molecule has 13 nitrogen and oxygen atoms in total. The quantitative estimate of drug-likeness (QED) is 0.0827. The Kier molecular flexibility index (Phi) is 28.1. The van der Waals surface area contributed by atoms with Crippen LogP contribution in [-0.4, -0.2) is 72.8 Å². The van der Waals surface area contributed by atoms with Crippen molar-refractivity contribution in [3.63, 3.8) is 0 Å². The fourth-order valence-corrected chi connectivity index (χ4v) is 11.9. The van der Waals surface area contributed by atoms with E-state index in [0.717, 1.165) is 121 Å². The number of fused-ring (bicyclic) bond motifs is 6. The number of hydrogen-bond donors (Lipinski definition) is 2. The molecule has 0 bridgehead atoms. The number of hydrogen-bond acceptors (Lipinski definition) is 13. The summed E-state index contributed by atoms with van der Waals surface area (Å²) in [6.45, 7) is 3.96. The van der Waals surface area contributed by atoms with Crippen molar-refractivity contribution in [2.24, 2.45) is 0 Å². The fraction of sp³-hybridized carbons (Fsp3) is 0.185.